The molecule has 1 amide bonds. The number of piperazine rings is 2. The second kappa shape index (κ2) is 11.2. The molecule has 0 radical (unpaired) electrons. The molecule has 2 aromatic heterocycles. The average Bonchev–Trinajstić information content (AvgIpc) is 2.95. The number of amides is 1. The van der Waals surface area contributed by atoms with Crippen molar-refractivity contribution < 1.29 is 4.79 Å². The first-order chi connectivity index (χ1) is 18.7. The van der Waals surface area contributed by atoms with E-state index in [0.29, 0.717) is 31.2 Å². The van der Waals surface area contributed by atoms with Crippen LogP contribution in [0.2, 0.25) is 0 Å². The fraction of sp³-hybridized carbons (Fsp3) is 0.448. The summed E-state index contributed by atoms with van der Waals surface area (Å²) in [6, 6.07) is 11.7. The zero-order valence-electron chi connectivity index (χ0n) is 23.1. The predicted molar refractivity (Wildman–Crippen MR) is 156 cm³/mol. The van der Waals surface area contributed by atoms with Gasteiger partial charge in [0.1, 0.15) is 5.65 Å². The molecule has 0 unspecified atom stereocenters. The van der Waals surface area contributed by atoms with Crippen molar-refractivity contribution in [2.45, 2.75) is 25.9 Å². The summed E-state index contributed by atoms with van der Waals surface area (Å²) in [7, 11) is 2.16. The summed E-state index contributed by atoms with van der Waals surface area (Å²) in [4.78, 5) is 43.2. The predicted octanol–water partition coefficient (Wildman–Crippen LogP) is 2.40. The van der Waals surface area contributed by atoms with E-state index in [1.807, 2.05) is 17.0 Å². The first-order valence-corrected chi connectivity index (χ1v) is 13.6. The normalized spacial score (nSPS) is 17.4. The molecule has 4 heterocycles. The van der Waals surface area contributed by atoms with Crippen LogP contribution >= 0.6 is 0 Å². The summed E-state index contributed by atoms with van der Waals surface area (Å²) in [6.07, 6.45) is 3.12. The van der Waals surface area contributed by atoms with Crippen LogP contribution in [-0.2, 0) is 11.3 Å². The second-order valence-electron chi connectivity index (χ2n) is 11.0. The second-order valence-corrected chi connectivity index (χ2v) is 11.0. The number of rotatable bonds is 7. The molecule has 10 nitrogen and oxygen atoms in total. The van der Waals surface area contributed by atoms with Crippen molar-refractivity contribution in [3.8, 4) is 0 Å². The Morgan fingerprint density at radius 1 is 1.00 bits per heavy atom. The van der Waals surface area contributed by atoms with Gasteiger partial charge in [0.25, 0.3) is 5.56 Å². The molecule has 10 heteroatoms. The van der Waals surface area contributed by atoms with Crippen molar-refractivity contribution in [3.05, 3.63) is 65.6 Å². The standard InChI is InChI=1S/C29H38N8O2/c1-5-25(38)35-16-18-36(19-17-35)29(2,3)21-37-26(39)11-6-22-20-30-28(32-27(22)37)31-23-7-9-24(10-8-23)34-14-12-33(4)13-15-34/h5-11,20H,1,12-19,21H2,2-4H3,(H,30,31,32). The summed E-state index contributed by atoms with van der Waals surface area (Å²) < 4.78 is 1.74. The number of benzene rings is 1. The first kappa shape index (κ1) is 26.8. The third-order valence-corrected chi connectivity index (χ3v) is 7.88. The number of anilines is 3. The highest BCUT2D eigenvalue weighted by atomic mass is 16.2. The molecule has 0 aliphatic carbocycles. The van der Waals surface area contributed by atoms with Crippen LogP contribution in [0.15, 0.2) is 60.0 Å². The van der Waals surface area contributed by atoms with Gasteiger partial charge in [-0.15, -0.1) is 0 Å². The third kappa shape index (κ3) is 5.97. The molecule has 2 saturated heterocycles. The molecule has 39 heavy (non-hydrogen) atoms. The van der Waals surface area contributed by atoms with Gasteiger partial charge in [0, 0.05) is 93.5 Å². The number of carbonyl (C=O) groups is 1. The molecule has 5 rings (SSSR count). The van der Waals surface area contributed by atoms with Crippen molar-refractivity contribution in [1.82, 2.24) is 29.2 Å². The number of fused-ring (bicyclic) bond motifs is 1. The van der Waals surface area contributed by atoms with Crippen molar-refractivity contribution in [1.29, 1.82) is 0 Å². The van der Waals surface area contributed by atoms with Crippen LogP contribution in [0.25, 0.3) is 11.0 Å². The Hall–Kier alpha value is -3.76. The number of nitrogens with one attached hydrogen (secondary N) is 1. The minimum absolute atomic E-state index is 0.0385. The molecule has 0 spiro atoms. The minimum atomic E-state index is -0.320. The van der Waals surface area contributed by atoms with Gasteiger partial charge in [-0.1, -0.05) is 6.58 Å². The van der Waals surface area contributed by atoms with Crippen LogP contribution in [0.3, 0.4) is 0 Å². The van der Waals surface area contributed by atoms with Crippen molar-refractivity contribution >= 4 is 34.3 Å². The number of likely N-dealkylation sites (N-methyl/N-ethyl adjacent to an activating group) is 1. The third-order valence-electron chi connectivity index (χ3n) is 7.88. The molecule has 1 aromatic carbocycles. The van der Waals surface area contributed by atoms with Crippen molar-refractivity contribution in [2.75, 3.05) is 69.6 Å². The van der Waals surface area contributed by atoms with Crippen molar-refractivity contribution in [2.24, 2.45) is 0 Å². The van der Waals surface area contributed by atoms with E-state index < -0.39 is 0 Å². The summed E-state index contributed by atoms with van der Waals surface area (Å²) in [6.45, 7) is 15.2. The van der Waals surface area contributed by atoms with E-state index in [-0.39, 0.29) is 17.0 Å². The highest BCUT2D eigenvalue weighted by Gasteiger charge is 2.32. The molecule has 0 bridgehead atoms. The number of pyridine rings is 1. The van der Waals surface area contributed by atoms with Crippen molar-refractivity contribution in [3.63, 3.8) is 0 Å². The fourth-order valence-corrected chi connectivity index (χ4v) is 5.38. The Bertz CT molecular complexity index is 1380. The van der Waals surface area contributed by atoms with E-state index in [2.05, 4.69) is 64.6 Å². The molecule has 1 N–H and O–H groups in total. The van der Waals surface area contributed by atoms with Gasteiger partial charge in [0.05, 0.1) is 0 Å². The van der Waals surface area contributed by atoms with E-state index in [0.717, 1.165) is 50.3 Å². The van der Waals surface area contributed by atoms with Crippen LogP contribution in [0.4, 0.5) is 17.3 Å². The Kier molecular flexibility index (Phi) is 7.67. The van der Waals surface area contributed by atoms with Gasteiger partial charge < -0.3 is 20.0 Å². The molecular formula is C29H38N8O2. The number of carbonyl (C=O) groups excluding carboxylic acids is 1. The molecule has 0 atom stereocenters. The Balaban J connectivity index is 1.32. The molecule has 206 valence electrons. The maximum absolute atomic E-state index is 13.0. The van der Waals surface area contributed by atoms with Gasteiger partial charge in [-0.25, -0.2) is 4.98 Å². The Labute approximate surface area is 229 Å². The number of hydrogen-bond donors (Lipinski definition) is 1. The summed E-state index contributed by atoms with van der Waals surface area (Å²) >= 11 is 0. The zero-order valence-corrected chi connectivity index (χ0v) is 23.1. The fourth-order valence-electron chi connectivity index (χ4n) is 5.38. The van der Waals surface area contributed by atoms with E-state index >= 15 is 0 Å². The SMILES string of the molecule is C=CC(=O)N1CCN(C(C)(C)Cn2c(=O)ccc3cnc(Nc4ccc(N5CCN(C)CC5)cc4)nc32)CC1. The topological polar surface area (TPSA) is 89.8 Å². The van der Waals surface area contributed by atoms with E-state index in [4.69, 9.17) is 4.98 Å². The highest BCUT2D eigenvalue weighted by molar-refractivity contribution is 5.87. The molecule has 2 aliphatic heterocycles. The van der Waals surface area contributed by atoms with Gasteiger partial charge in [-0.05, 0) is 57.3 Å². The van der Waals surface area contributed by atoms with Crippen LogP contribution in [0, 0.1) is 0 Å². The molecule has 0 saturated carbocycles. The first-order valence-electron chi connectivity index (χ1n) is 13.6. The van der Waals surface area contributed by atoms with E-state index in [9.17, 15) is 9.59 Å². The monoisotopic (exact) mass is 530 g/mol. The summed E-state index contributed by atoms with van der Waals surface area (Å²) in [5.74, 6) is 0.409. The lowest BCUT2D eigenvalue weighted by atomic mass is 10.0. The molecular weight excluding hydrogens is 492 g/mol. The zero-order chi connectivity index (χ0) is 27.6. The lowest BCUT2D eigenvalue weighted by molar-refractivity contribution is -0.128. The lowest BCUT2D eigenvalue weighted by Gasteiger charge is -2.44. The number of nitrogens with zero attached hydrogens (tertiary/aromatic N) is 7. The summed E-state index contributed by atoms with van der Waals surface area (Å²) in [5.41, 5.74) is 2.28. The van der Waals surface area contributed by atoms with Gasteiger partial charge in [-0.2, -0.15) is 4.98 Å². The van der Waals surface area contributed by atoms with Crippen LogP contribution in [0.5, 0.6) is 0 Å². The number of hydrogen-bond acceptors (Lipinski definition) is 8. The summed E-state index contributed by atoms with van der Waals surface area (Å²) in [5, 5.41) is 4.11. The van der Waals surface area contributed by atoms with Crippen LogP contribution < -0.4 is 15.8 Å². The molecule has 2 fully saturated rings. The highest BCUT2D eigenvalue weighted by Crippen LogP contribution is 2.23. The largest absolute Gasteiger partial charge is 0.369 e. The molecule has 3 aromatic rings. The van der Waals surface area contributed by atoms with Gasteiger partial charge >= 0.3 is 0 Å². The van der Waals surface area contributed by atoms with E-state index in [1.54, 1.807) is 22.9 Å². The van der Waals surface area contributed by atoms with Gasteiger partial charge in [0.2, 0.25) is 11.9 Å². The molecule has 2 aliphatic rings. The Morgan fingerprint density at radius 2 is 1.69 bits per heavy atom. The van der Waals surface area contributed by atoms with Gasteiger partial charge in [0.15, 0.2) is 0 Å². The Morgan fingerprint density at radius 3 is 2.36 bits per heavy atom. The maximum Gasteiger partial charge on any atom is 0.252 e. The van der Waals surface area contributed by atoms with Crippen LogP contribution in [0.1, 0.15) is 13.8 Å². The van der Waals surface area contributed by atoms with E-state index in [1.165, 1.54) is 11.8 Å². The smallest absolute Gasteiger partial charge is 0.252 e. The quantitative estimate of drug-likeness (QED) is 0.466. The minimum Gasteiger partial charge on any atom is -0.369 e. The average molecular weight is 531 g/mol. The maximum atomic E-state index is 13.0. The van der Waals surface area contributed by atoms with Gasteiger partial charge in [-0.3, -0.25) is 19.1 Å². The van der Waals surface area contributed by atoms with Crippen LogP contribution in [-0.4, -0.2) is 100 Å². The lowest BCUT2D eigenvalue weighted by Crippen LogP contribution is -2.57. The number of aromatic nitrogens is 3.